The van der Waals surface area contributed by atoms with Gasteiger partial charge < -0.3 is 0 Å². The van der Waals surface area contributed by atoms with Crippen LogP contribution < -0.4 is 10.2 Å². The standard InChI is InChI=1S/C17H10BrClN2O2S/c18-11-3-1-10(2-4-11)9-14-15(22)20-17(24)21(16(14)23)13-7-5-12(19)6-8-13/h1-9H,(H,20,22,24)/b14-9-. The summed E-state index contributed by atoms with van der Waals surface area (Å²) in [6.45, 7) is 0. The Kier molecular flexibility index (Phi) is 4.80. The van der Waals surface area contributed by atoms with E-state index in [1.165, 1.54) is 11.0 Å². The first kappa shape index (κ1) is 16.8. The number of thiocarbonyl (C=S) groups is 1. The lowest BCUT2D eigenvalue weighted by Crippen LogP contribution is -2.54. The Labute approximate surface area is 157 Å². The summed E-state index contributed by atoms with van der Waals surface area (Å²) in [5.41, 5.74) is 1.29. The molecule has 24 heavy (non-hydrogen) atoms. The van der Waals surface area contributed by atoms with Crippen molar-refractivity contribution in [2.24, 2.45) is 0 Å². The summed E-state index contributed by atoms with van der Waals surface area (Å²) in [5, 5.41) is 3.13. The van der Waals surface area contributed by atoms with Crippen LogP contribution in [0, 0.1) is 0 Å². The summed E-state index contributed by atoms with van der Waals surface area (Å²) in [5.74, 6) is -0.993. The van der Waals surface area contributed by atoms with Crippen LogP contribution in [0.2, 0.25) is 5.02 Å². The highest BCUT2D eigenvalue weighted by atomic mass is 79.9. The molecule has 1 heterocycles. The van der Waals surface area contributed by atoms with E-state index in [0.29, 0.717) is 10.7 Å². The molecule has 2 aromatic rings. The number of nitrogens with one attached hydrogen (secondary N) is 1. The van der Waals surface area contributed by atoms with Gasteiger partial charge in [0.2, 0.25) is 0 Å². The van der Waals surface area contributed by atoms with Crippen molar-refractivity contribution >= 4 is 68.4 Å². The van der Waals surface area contributed by atoms with E-state index in [0.717, 1.165) is 10.0 Å². The van der Waals surface area contributed by atoms with Gasteiger partial charge in [-0.15, -0.1) is 0 Å². The van der Waals surface area contributed by atoms with Gasteiger partial charge >= 0.3 is 0 Å². The molecule has 0 unspecified atom stereocenters. The molecular formula is C17H10BrClN2O2S. The lowest BCUT2D eigenvalue weighted by Gasteiger charge is -2.28. The maximum atomic E-state index is 12.8. The van der Waals surface area contributed by atoms with Crippen LogP contribution in [0.3, 0.4) is 0 Å². The predicted octanol–water partition coefficient (Wildman–Crippen LogP) is 3.93. The zero-order valence-electron chi connectivity index (χ0n) is 12.1. The zero-order valence-corrected chi connectivity index (χ0v) is 15.3. The average Bonchev–Trinajstić information content (AvgIpc) is 2.55. The Bertz CT molecular complexity index is 863. The molecule has 2 aromatic carbocycles. The smallest absolute Gasteiger partial charge is 0.270 e. The number of benzene rings is 2. The lowest BCUT2D eigenvalue weighted by molar-refractivity contribution is -0.122. The van der Waals surface area contributed by atoms with Gasteiger partial charge in [0.05, 0.1) is 5.69 Å². The van der Waals surface area contributed by atoms with Crippen LogP contribution in [0.15, 0.2) is 58.6 Å². The van der Waals surface area contributed by atoms with E-state index < -0.39 is 11.8 Å². The molecule has 1 fully saturated rings. The molecule has 0 aromatic heterocycles. The van der Waals surface area contributed by atoms with Crippen LogP contribution in [0.25, 0.3) is 6.08 Å². The second-order valence-electron chi connectivity index (χ2n) is 4.99. The Hall–Kier alpha value is -2.02. The molecule has 1 N–H and O–H groups in total. The van der Waals surface area contributed by atoms with Crippen molar-refractivity contribution < 1.29 is 9.59 Å². The van der Waals surface area contributed by atoms with E-state index in [1.54, 1.807) is 36.4 Å². The first-order valence-corrected chi connectivity index (χ1v) is 8.46. The molecule has 1 aliphatic heterocycles. The first-order valence-electron chi connectivity index (χ1n) is 6.88. The summed E-state index contributed by atoms with van der Waals surface area (Å²) < 4.78 is 0.910. The maximum absolute atomic E-state index is 12.8. The van der Waals surface area contributed by atoms with E-state index in [2.05, 4.69) is 21.2 Å². The quantitative estimate of drug-likeness (QED) is 0.454. The number of hydrogen-bond donors (Lipinski definition) is 1. The summed E-state index contributed by atoms with van der Waals surface area (Å²) in [6.07, 6.45) is 1.54. The average molecular weight is 422 g/mol. The number of rotatable bonds is 2. The fourth-order valence-electron chi connectivity index (χ4n) is 2.21. The van der Waals surface area contributed by atoms with E-state index in [4.69, 9.17) is 23.8 Å². The summed E-state index contributed by atoms with van der Waals surface area (Å²) in [4.78, 5) is 26.2. The van der Waals surface area contributed by atoms with Crippen molar-refractivity contribution in [3.63, 3.8) is 0 Å². The predicted molar refractivity (Wildman–Crippen MR) is 102 cm³/mol. The Morgan fingerprint density at radius 3 is 2.29 bits per heavy atom. The van der Waals surface area contributed by atoms with Crippen molar-refractivity contribution in [2.75, 3.05) is 4.90 Å². The molecule has 7 heteroatoms. The molecule has 1 aliphatic rings. The molecule has 1 saturated heterocycles. The highest BCUT2D eigenvalue weighted by Gasteiger charge is 2.34. The minimum Gasteiger partial charge on any atom is -0.298 e. The van der Waals surface area contributed by atoms with Gasteiger partial charge in [-0.05, 0) is 60.3 Å². The van der Waals surface area contributed by atoms with Gasteiger partial charge in [0.25, 0.3) is 11.8 Å². The minimum absolute atomic E-state index is 0.0147. The number of halogens is 2. The second kappa shape index (κ2) is 6.84. The number of carbonyl (C=O) groups excluding carboxylic acids is 2. The maximum Gasteiger partial charge on any atom is 0.270 e. The monoisotopic (exact) mass is 420 g/mol. The Morgan fingerprint density at radius 2 is 1.67 bits per heavy atom. The Morgan fingerprint density at radius 1 is 1.04 bits per heavy atom. The van der Waals surface area contributed by atoms with Crippen molar-refractivity contribution in [2.45, 2.75) is 0 Å². The van der Waals surface area contributed by atoms with E-state index in [-0.39, 0.29) is 10.7 Å². The SMILES string of the molecule is O=C1NC(=S)N(c2ccc(Cl)cc2)C(=O)/C1=C\c1ccc(Br)cc1. The largest absolute Gasteiger partial charge is 0.298 e. The molecule has 0 bridgehead atoms. The molecule has 4 nitrogen and oxygen atoms in total. The van der Waals surface area contributed by atoms with Crippen molar-refractivity contribution in [1.82, 2.24) is 5.32 Å². The molecule has 0 spiro atoms. The molecule has 0 atom stereocenters. The Balaban J connectivity index is 1.99. The second-order valence-corrected chi connectivity index (χ2v) is 6.72. The van der Waals surface area contributed by atoms with Crippen LogP contribution in [-0.4, -0.2) is 16.9 Å². The molecule has 0 radical (unpaired) electrons. The third-order valence-corrected chi connectivity index (χ3v) is 4.43. The molecule has 0 saturated carbocycles. The third-order valence-electron chi connectivity index (χ3n) is 3.37. The number of anilines is 1. The van der Waals surface area contributed by atoms with Gasteiger partial charge in [0.1, 0.15) is 5.57 Å². The van der Waals surface area contributed by atoms with Gasteiger partial charge in [0, 0.05) is 9.50 Å². The van der Waals surface area contributed by atoms with Gasteiger partial charge in [-0.25, -0.2) is 0 Å². The summed E-state index contributed by atoms with van der Waals surface area (Å²) in [6, 6.07) is 13.9. The van der Waals surface area contributed by atoms with E-state index in [1.807, 2.05) is 12.1 Å². The molecule has 0 aliphatic carbocycles. The van der Waals surface area contributed by atoms with E-state index in [9.17, 15) is 9.59 Å². The van der Waals surface area contributed by atoms with Gasteiger partial charge in [-0.1, -0.05) is 39.7 Å². The van der Waals surface area contributed by atoms with E-state index >= 15 is 0 Å². The van der Waals surface area contributed by atoms with Crippen molar-refractivity contribution in [3.05, 3.63) is 69.2 Å². The van der Waals surface area contributed by atoms with Gasteiger partial charge in [-0.2, -0.15) is 0 Å². The highest BCUT2D eigenvalue weighted by Crippen LogP contribution is 2.24. The molecular weight excluding hydrogens is 412 g/mol. The number of amides is 2. The van der Waals surface area contributed by atoms with Crippen molar-refractivity contribution in [3.8, 4) is 0 Å². The number of hydrogen-bond acceptors (Lipinski definition) is 3. The number of nitrogens with zero attached hydrogens (tertiary/aromatic N) is 1. The zero-order chi connectivity index (χ0) is 17.3. The normalized spacial score (nSPS) is 16.5. The van der Waals surface area contributed by atoms with Gasteiger partial charge in [-0.3, -0.25) is 19.8 Å². The third kappa shape index (κ3) is 3.40. The summed E-state index contributed by atoms with van der Waals surface area (Å²) >= 11 is 14.4. The lowest BCUT2D eigenvalue weighted by atomic mass is 10.1. The molecule has 2 amide bonds. The molecule has 120 valence electrons. The summed E-state index contributed by atoms with van der Waals surface area (Å²) in [7, 11) is 0. The topological polar surface area (TPSA) is 49.4 Å². The van der Waals surface area contributed by atoms with Crippen molar-refractivity contribution in [1.29, 1.82) is 0 Å². The van der Waals surface area contributed by atoms with Crippen LogP contribution in [0.5, 0.6) is 0 Å². The molecule has 3 rings (SSSR count). The first-order chi connectivity index (χ1) is 11.5. The van der Waals surface area contributed by atoms with Crippen LogP contribution in [-0.2, 0) is 9.59 Å². The minimum atomic E-state index is -0.516. The van der Waals surface area contributed by atoms with Gasteiger partial charge in [0.15, 0.2) is 5.11 Å². The van der Waals surface area contributed by atoms with Crippen LogP contribution in [0.1, 0.15) is 5.56 Å². The van der Waals surface area contributed by atoms with Crippen LogP contribution in [0.4, 0.5) is 5.69 Å². The number of carbonyl (C=O) groups is 2. The van der Waals surface area contributed by atoms with Crippen LogP contribution >= 0.6 is 39.7 Å². The highest BCUT2D eigenvalue weighted by molar-refractivity contribution is 9.10. The fourth-order valence-corrected chi connectivity index (χ4v) is 2.88. The fraction of sp³-hybridized carbons (Fsp3) is 0.